The monoisotopic (exact) mass is 202 g/mol. The molecule has 0 atom stereocenters. The van der Waals surface area contributed by atoms with E-state index < -0.39 is 0 Å². The minimum Gasteiger partial charge on any atom is -0.398 e. The predicted octanol–water partition coefficient (Wildman–Crippen LogP) is 2.42. The molecule has 2 heteroatoms. The Kier molecular flexibility index (Phi) is 3.07. The maximum absolute atomic E-state index is 5.93. The third-order valence-electron chi connectivity index (χ3n) is 2.86. The molecule has 1 aromatic carbocycles. The van der Waals surface area contributed by atoms with Crippen LogP contribution in [0.3, 0.4) is 0 Å². The van der Waals surface area contributed by atoms with Crippen molar-refractivity contribution in [3.63, 3.8) is 0 Å². The molecule has 1 aliphatic rings. The number of para-hydroxylation sites is 1. The molecular weight excluding hydrogens is 184 g/mol. The van der Waals surface area contributed by atoms with Gasteiger partial charge in [-0.05, 0) is 25.0 Å². The Morgan fingerprint density at radius 1 is 1.33 bits per heavy atom. The van der Waals surface area contributed by atoms with Crippen molar-refractivity contribution in [2.45, 2.75) is 19.9 Å². The standard InChI is InChI=1S/C13H18N2/c1-11-5-4-8-15(9-11)10-12-6-2-3-7-13(12)14/h2-3,5-7H,4,8-10,14H2,1H3. The first-order valence-corrected chi connectivity index (χ1v) is 5.47. The van der Waals surface area contributed by atoms with Crippen molar-refractivity contribution < 1.29 is 0 Å². The fourth-order valence-electron chi connectivity index (χ4n) is 2.04. The van der Waals surface area contributed by atoms with Crippen molar-refractivity contribution in [3.05, 3.63) is 41.5 Å². The molecule has 80 valence electrons. The van der Waals surface area contributed by atoms with Gasteiger partial charge in [-0.3, -0.25) is 4.90 Å². The van der Waals surface area contributed by atoms with Gasteiger partial charge < -0.3 is 5.73 Å². The molecule has 0 fully saturated rings. The van der Waals surface area contributed by atoms with Gasteiger partial charge in [0.25, 0.3) is 0 Å². The summed E-state index contributed by atoms with van der Waals surface area (Å²) in [4.78, 5) is 2.45. The van der Waals surface area contributed by atoms with Crippen LogP contribution in [0, 0.1) is 0 Å². The number of nitrogen functional groups attached to an aromatic ring is 1. The zero-order valence-corrected chi connectivity index (χ0v) is 9.24. The smallest absolute Gasteiger partial charge is 0.0359 e. The first-order valence-electron chi connectivity index (χ1n) is 5.47. The molecule has 0 amide bonds. The molecule has 1 aliphatic heterocycles. The fraction of sp³-hybridized carbons (Fsp3) is 0.385. The van der Waals surface area contributed by atoms with Crippen LogP contribution in [-0.4, -0.2) is 18.0 Å². The highest BCUT2D eigenvalue weighted by Gasteiger charge is 2.11. The minimum absolute atomic E-state index is 0.907. The van der Waals surface area contributed by atoms with E-state index in [0.29, 0.717) is 0 Å². The van der Waals surface area contributed by atoms with Crippen molar-refractivity contribution in [2.24, 2.45) is 0 Å². The van der Waals surface area contributed by atoms with Crippen LogP contribution in [0.5, 0.6) is 0 Å². The first kappa shape index (κ1) is 10.2. The Morgan fingerprint density at radius 2 is 2.13 bits per heavy atom. The molecule has 2 N–H and O–H groups in total. The summed E-state index contributed by atoms with van der Waals surface area (Å²) in [7, 11) is 0. The van der Waals surface area contributed by atoms with Crippen LogP contribution >= 0.6 is 0 Å². The summed E-state index contributed by atoms with van der Waals surface area (Å²) in [5.74, 6) is 0. The molecule has 0 bridgehead atoms. The molecule has 2 rings (SSSR count). The quantitative estimate of drug-likeness (QED) is 0.589. The van der Waals surface area contributed by atoms with E-state index in [-0.39, 0.29) is 0 Å². The zero-order chi connectivity index (χ0) is 10.7. The fourth-order valence-corrected chi connectivity index (χ4v) is 2.04. The van der Waals surface area contributed by atoms with Crippen LogP contribution in [0.4, 0.5) is 5.69 Å². The molecule has 0 radical (unpaired) electrons. The number of nitrogens with two attached hydrogens (primary N) is 1. The molecule has 1 aromatic rings. The lowest BCUT2D eigenvalue weighted by atomic mass is 10.1. The molecule has 2 nitrogen and oxygen atoms in total. The second-order valence-corrected chi connectivity index (χ2v) is 4.25. The topological polar surface area (TPSA) is 29.3 Å². The largest absolute Gasteiger partial charge is 0.398 e. The summed E-state index contributed by atoms with van der Waals surface area (Å²) in [6, 6.07) is 8.13. The second-order valence-electron chi connectivity index (χ2n) is 4.25. The predicted molar refractivity (Wildman–Crippen MR) is 64.5 cm³/mol. The highest BCUT2D eigenvalue weighted by Crippen LogP contribution is 2.16. The van der Waals surface area contributed by atoms with E-state index in [0.717, 1.165) is 25.3 Å². The van der Waals surface area contributed by atoms with Gasteiger partial charge in [0.2, 0.25) is 0 Å². The molecule has 0 aliphatic carbocycles. The summed E-state index contributed by atoms with van der Waals surface area (Å²) in [6.07, 6.45) is 3.49. The van der Waals surface area contributed by atoms with Crippen LogP contribution in [-0.2, 0) is 6.54 Å². The Labute approximate surface area is 91.4 Å². The van der Waals surface area contributed by atoms with Crippen molar-refractivity contribution in [1.29, 1.82) is 0 Å². The number of rotatable bonds is 2. The second kappa shape index (κ2) is 4.49. The number of hydrogen-bond acceptors (Lipinski definition) is 2. The molecule has 0 spiro atoms. The van der Waals surface area contributed by atoms with Crippen LogP contribution in [0.25, 0.3) is 0 Å². The van der Waals surface area contributed by atoms with Gasteiger partial charge in [0, 0.05) is 25.3 Å². The van der Waals surface area contributed by atoms with E-state index >= 15 is 0 Å². The van der Waals surface area contributed by atoms with E-state index in [9.17, 15) is 0 Å². The lowest BCUT2D eigenvalue weighted by Crippen LogP contribution is -2.29. The van der Waals surface area contributed by atoms with Crippen LogP contribution in [0.1, 0.15) is 18.9 Å². The third kappa shape index (κ3) is 2.60. The normalized spacial score (nSPS) is 17.5. The lowest BCUT2D eigenvalue weighted by Gasteiger charge is -2.26. The summed E-state index contributed by atoms with van der Waals surface area (Å²) in [6.45, 7) is 5.39. The number of anilines is 1. The van der Waals surface area contributed by atoms with Gasteiger partial charge in [0.1, 0.15) is 0 Å². The van der Waals surface area contributed by atoms with Crippen LogP contribution in [0.15, 0.2) is 35.9 Å². The highest BCUT2D eigenvalue weighted by atomic mass is 15.1. The number of hydrogen-bond donors (Lipinski definition) is 1. The average Bonchev–Trinajstić information content (AvgIpc) is 2.22. The Bertz CT molecular complexity index is 369. The highest BCUT2D eigenvalue weighted by molar-refractivity contribution is 5.46. The van der Waals surface area contributed by atoms with Gasteiger partial charge in [-0.2, -0.15) is 0 Å². The molecule has 0 saturated carbocycles. The summed E-state index contributed by atoms with van der Waals surface area (Å²) in [5, 5.41) is 0. The van der Waals surface area contributed by atoms with E-state index in [4.69, 9.17) is 5.73 Å². The maximum atomic E-state index is 5.93. The van der Waals surface area contributed by atoms with Crippen molar-refractivity contribution in [2.75, 3.05) is 18.8 Å². The molecule has 0 unspecified atom stereocenters. The van der Waals surface area contributed by atoms with Gasteiger partial charge in [-0.25, -0.2) is 0 Å². The average molecular weight is 202 g/mol. The SMILES string of the molecule is CC1=CCCN(Cc2ccccc2N)C1. The molecule has 0 aromatic heterocycles. The van der Waals surface area contributed by atoms with Crippen molar-refractivity contribution >= 4 is 5.69 Å². The van der Waals surface area contributed by atoms with Crippen molar-refractivity contribution in [1.82, 2.24) is 4.90 Å². The Balaban J connectivity index is 2.03. The van der Waals surface area contributed by atoms with Gasteiger partial charge in [-0.15, -0.1) is 0 Å². The molecule has 1 heterocycles. The Morgan fingerprint density at radius 3 is 2.87 bits per heavy atom. The Hall–Kier alpha value is -1.28. The maximum Gasteiger partial charge on any atom is 0.0359 e. The first-order chi connectivity index (χ1) is 7.25. The van der Waals surface area contributed by atoms with Gasteiger partial charge >= 0.3 is 0 Å². The van der Waals surface area contributed by atoms with Crippen molar-refractivity contribution in [3.8, 4) is 0 Å². The number of nitrogens with zero attached hydrogens (tertiary/aromatic N) is 1. The molecule has 15 heavy (non-hydrogen) atoms. The van der Waals surface area contributed by atoms with Gasteiger partial charge in [0.05, 0.1) is 0 Å². The van der Waals surface area contributed by atoms with Gasteiger partial charge in [0.15, 0.2) is 0 Å². The zero-order valence-electron chi connectivity index (χ0n) is 9.24. The summed E-state index contributed by atoms with van der Waals surface area (Å²) < 4.78 is 0. The lowest BCUT2D eigenvalue weighted by molar-refractivity contribution is 0.283. The van der Waals surface area contributed by atoms with Gasteiger partial charge in [-0.1, -0.05) is 29.8 Å². The number of benzene rings is 1. The van der Waals surface area contributed by atoms with Crippen LogP contribution in [0.2, 0.25) is 0 Å². The minimum atomic E-state index is 0.907. The van der Waals surface area contributed by atoms with E-state index in [1.54, 1.807) is 0 Å². The van der Waals surface area contributed by atoms with E-state index in [1.807, 2.05) is 12.1 Å². The third-order valence-corrected chi connectivity index (χ3v) is 2.86. The molecule has 0 saturated heterocycles. The summed E-state index contributed by atoms with van der Waals surface area (Å²) in [5.41, 5.74) is 9.55. The summed E-state index contributed by atoms with van der Waals surface area (Å²) >= 11 is 0. The van der Waals surface area contributed by atoms with E-state index in [2.05, 4.69) is 30.0 Å². The van der Waals surface area contributed by atoms with E-state index in [1.165, 1.54) is 17.6 Å². The molecular formula is C13H18N2. The van der Waals surface area contributed by atoms with Crippen LogP contribution < -0.4 is 5.73 Å².